The van der Waals surface area contributed by atoms with Gasteiger partial charge in [-0.1, -0.05) is 15.9 Å². The molecule has 1 rings (SSSR count). The van der Waals surface area contributed by atoms with E-state index >= 15 is 0 Å². The Kier molecular flexibility index (Phi) is 3.54. The number of amides is 1. The molecule has 1 N–H and O–H groups in total. The van der Waals surface area contributed by atoms with Crippen LogP contribution < -0.4 is 5.32 Å². The number of halogens is 1. The van der Waals surface area contributed by atoms with E-state index < -0.39 is 0 Å². The number of furan rings is 1. The molecule has 0 aliphatic heterocycles. The summed E-state index contributed by atoms with van der Waals surface area (Å²) in [5.74, 6) is 1.60. The normalized spacial score (nSPS) is 12.5. The molecule has 0 saturated heterocycles. The summed E-state index contributed by atoms with van der Waals surface area (Å²) in [7, 11) is 0. The lowest BCUT2D eigenvalue weighted by Gasteiger charge is -2.09. The minimum Gasteiger partial charge on any atom is -0.464 e. The zero-order valence-corrected chi connectivity index (χ0v) is 9.22. The second-order valence-corrected chi connectivity index (χ2v) is 3.43. The number of hydrogen-bond acceptors (Lipinski definition) is 2. The molecule has 1 heterocycles. The summed E-state index contributed by atoms with van der Waals surface area (Å²) >= 11 is 3.08. The van der Waals surface area contributed by atoms with Gasteiger partial charge in [0.15, 0.2) is 0 Å². The zero-order chi connectivity index (χ0) is 9.84. The zero-order valence-electron chi connectivity index (χ0n) is 7.63. The highest BCUT2D eigenvalue weighted by Gasteiger charge is 2.11. The first-order valence-electron chi connectivity index (χ1n) is 4.05. The fraction of sp³-hybridized carbons (Fsp3) is 0.444. The Morgan fingerprint density at radius 3 is 2.85 bits per heavy atom. The minimum atomic E-state index is -0.0706. The number of rotatable bonds is 3. The highest BCUT2D eigenvalue weighted by molar-refractivity contribution is 9.09. The van der Waals surface area contributed by atoms with Crippen molar-refractivity contribution in [1.82, 2.24) is 5.32 Å². The third-order valence-corrected chi connectivity index (χ3v) is 2.20. The molecule has 1 aromatic rings. The van der Waals surface area contributed by atoms with E-state index in [1.54, 1.807) is 0 Å². The number of alkyl halides is 1. The lowest BCUT2D eigenvalue weighted by molar-refractivity contribution is -0.119. The van der Waals surface area contributed by atoms with Gasteiger partial charge >= 0.3 is 0 Å². The molecule has 0 aromatic carbocycles. The standard InChI is InChI=1S/C9H12BrNO2/c1-6-3-4-8(13-6)7(2)11-9(12)5-10/h3-4,7H,5H2,1-2H3,(H,11,12). The van der Waals surface area contributed by atoms with Gasteiger partial charge in [0.2, 0.25) is 5.91 Å². The molecule has 0 radical (unpaired) electrons. The van der Waals surface area contributed by atoms with Crippen LogP contribution in [0.2, 0.25) is 0 Å². The molecular formula is C9H12BrNO2. The molecule has 1 unspecified atom stereocenters. The van der Waals surface area contributed by atoms with Crippen LogP contribution in [0.4, 0.5) is 0 Å². The number of carbonyl (C=O) groups is 1. The molecule has 0 spiro atoms. The fourth-order valence-electron chi connectivity index (χ4n) is 1.04. The molecule has 0 aliphatic rings. The van der Waals surface area contributed by atoms with Gasteiger partial charge in [0, 0.05) is 0 Å². The maximum atomic E-state index is 11.0. The summed E-state index contributed by atoms with van der Waals surface area (Å²) in [5.41, 5.74) is 0. The summed E-state index contributed by atoms with van der Waals surface area (Å²) in [4.78, 5) is 11.0. The van der Waals surface area contributed by atoms with Crippen LogP contribution >= 0.6 is 15.9 Å². The van der Waals surface area contributed by atoms with Gasteiger partial charge in [-0.3, -0.25) is 4.79 Å². The van der Waals surface area contributed by atoms with E-state index in [9.17, 15) is 4.79 Å². The highest BCUT2D eigenvalue weighted by atomic mass is 79.9. The molecular weight excluding hydrogens is 234 g/mol. The van der Waals surface area contributed by atoms with Crippen LogP contribution in [-0.2, 0) is 4.79 Å². The maximum absolute atomic E-state index is 11.0. The SMILES string of the molecule is Cc1ccc(C(C)NC(=O)CBr)o1. The average molecular weight is 246 g/mol. The first-order chi connectivity index (χ1) is 6.13. The van der Waals surface area contributed by atoms with Crippen molar-refractivity contribution in [3.8, 4) is 0 Å². The van der Waals surface area contributed by atoms with Crippen LogP contribution in [0.1, 0.15) is 24.5 Å². The Hall–Kier alpha value is -0.770. The van der Waals surface area contributed by atoms with Gasteiger partial charge in [-0.25, -0.2) is 0 Å². The molecule has 1 atom stereocenters. The van der Waals surface area contributed by atoms with Crippen molar-refractivity contribution in [3.05, 3.63) is 23.7 Å². The number of nitrogens with one attached hydrogen (secondary N) is 1. The van der Waals surface area contributed by atoms with Crippen molar-refractivity contribution in [1.29, 1.82) is 0 Å². The topological polar surface area (TPSA) is 42.2 Å². The maximum Gasteiger partial charge on any atom is 0.231 e. The summed E-state index contributed by atoms with van der Waals surface area (Å²) in [5, 5.41) is 3.10. The van der Waals surface area contributed by atoms with Gasteiger partial charge in [0.25, 0.3) is 0 Å². The van der Waals surface area contributed by atoms with Gasteiger partial charge in [-0.15, -0.1) is 0 Å². The van der Waals surface area contributed by atoms with E-state index in [0.717, 1.165) is 11.5 Å². The average Bonchev–Trinajstić information content (AvgIpc) is 2.51. The summed E-state index contributed by atoms with van der Waals surface area (Å²) in [6.45, 7) is 3.77. The number of carbonyl (C=O) groups excluding carboxylic acids is 1. The van der Waals surface area contributed by atoms with Gasteiger partial charge in [-0.05, 0) is 26.0 Å². The van der Waals surface area contributed by atoms with Crippen LogP contribution in [0.15, 0.2) is 16.5 Å². The van der Waals surface area contributed by atoms with E-state index in [0.29, 0.717) is 5.33 Å². The third kappa shape index (κ3) is 2.88. The summed E-state index contributed by atoms with van der Waals surface area (Å²) in [6, 6.07) is 3.68. The second-order valence-electron chi connectivity index (χ2n) is 2.87. The molecule has 4 heteroatoms. The predicted octanol–water partition coefficient (Wildman–Crippen LogP) is 2.16. The highest BCUT2D eigenvalue weighted by Crippen LogP contribution is 2.15. The Morgan fingerprint density at radius 2 is 2.38 bits per heavy atom. The summed E-state index contributed by atoms with van der Waals surface area (Å²) < 4.78 is 5.36. The van der Waals surface area contributed by atoms with Crippen molar-refractivity contribution in [2.75, 3.05) is 5.33 Å². The second kappa shape index (κ2) is 4.46. The van der Waals surface area contributed by atoms with E-state index in [1.807, 2.05) is 26.0 Å². The van der Waals surface area contributed by atoms with E-state index in [-0.39, 0.29) is 11.9 Å². The van der Waals surface area contributed by atoms with Crippen LogP contribution in [-0.4, -0.2) is 11.2 Å². The fourth-order valence-corrected chi connectivity index (χ4v) is 1.20. The van der Waals surface area contributed by atoms with Crippen LogP contribution in [0.25, 0.3) is 0 Å². The van der Waals surface area contributed by atoms with Crippen LogP contribution in [0, 0.1) is 6.92 Å². The van der Waals surface area contributed by atoms with E-state index in [4.69, 9.17) is 4.42 Å². The van der Waals surface area contributed by atoms with E-state index in [1.165, 1.54) is 0 Å². The monoisotopic (exact) mass is 245 g/mol. The first kappa shape index (κ1) is 10.3. The minimum absolute atomic E-state index is 0.0402. The number of hydrogen-bond donors (Lipinski definition) is 1. The van der Waals surface area contributed by atoms with Gasteiger partial charge in [-0.2, -0.15) is 0 Å². The molecule has 3 nitrogen and oxygen atoms in total. The Balaban J connectivity index is 2.58. The first-order valence-corrected chi connectivity index (χ1v) is 5.17. The van der Waals surface area contributed by atoms with Crippen molar-refractivity contribution in [3.63, 3.8) is 0 Å². The Morgan fingerprint density at radius 1 is 1.69 bits per heavy atom. The lowest BCUT2D eigenvalue weighted by atomic mass is 10.2. The molecule has 1 aromatic heterocycles. The van der Waals surface area contributed by atoms with Gasteiger partial charge in [0.05, 0.1) is 11.4 Å². The molecule has 1 amide bonds. The van der Waals surface area contributed by atoms with Crippen molar-refractivity contribution >= 4 is 21.8 Å². The van der Waals surface area contributed by atoms with Gasteiger partial charge in [0.1, 0.15) is 11.5 Å². The third-order valence-electron chi connectivity index (χ3n) is 1.69. The van der Waals surface area contributed by atoms with Crippen molar-refractivity contribution < 1.29 is 9.21 Å². The molecule has 72 valence electrons. The smallest absolute Gasteiger partial charge is 0.231 e. The van der Waals surface area contributed by atoms with Crippen molar-refractivity contribution in [2.45, 2.75) is 19.9 Å². The molecule has 0 aliphatic carbocycles. The van der Waals surface area contributed by atoms with Crippen LogP contribution in [0.5, 0.6) is 0 Å². The van der Waals surface area contributed by atoms with Gasteiger partial charge < -0.3 is 9.73 Å². The molecule has 0 saturated carbocycles. The van der Waals surface area contributed by atoms with Crippen LogP contribution in [0.3, 0.4) is 0 Å². The Bertz CT molecular complexity index is 296. The number of aryl methyl sites for hydroxylation is 1. The van der Waals surface area contributed by atoms with E-state index in [2.05, 4.69) is 21.2 Å². The molecule has 13 heavy (non-hydrogen) atoms. The lowest BCUT2D eigenvalue weighted by Crippen LogP contribution is -2.27. The predicted molar refractivity (Wildman–Crippen MR) is 53.8 cm³/mol. The Labute approximate surface area is 85.6 Å². The molecule has 0 bridgehead atoms. The van der Waals surface area contributed by atoms with Crippen molar-refractivity contribution in [2.24, 2.45) is 0 Å². The largest absolute Gasteiger partial charge is 0.464 e. The molecule has 0 fully saturated rings. The quantitative estimate of drug-likeness (QED) is 0.830. The summed E-state index contributed by atoms with van der Waals surface area (Å²) in [6.07, 6.45) is 0.